The SMILES string of the molecule is CC(C)P(CC[PH+](C(C)C)C(C)C)C(C)C.Sc1ccccc1-c1[c]cccc1.[Pd]. The molecule has 30 heavy (non-hydrogen) atoms. The fourth-order valence-electron chi connectivity index (χ4n) is 3.88. The maximum atomic E-state index is 4.39. The number of benzene rings is 2. The second-order valence-corrected chi connectivity index (χ2v) is 16.8. The van der Waals surface area contributed by atoms with Crippen molar-refractivity contribution in [2.75, 3.05) is 12.3 Å². The van der Waals surface area contributed by atoms with Gasteiger partial charge in [-0.3, -0.25) is 0 Å². The molecule has 4 heteroatoms. The Hall–Kier alpha value is 0.312. The van der Waals surface area contributed by atoms with Gasteiger partial charge in [0.05, 0.1) is 17.5 Å². The Kier molecular flexibility index (Phi) is 16.2. The molecule has 2 aromatic rings. The van der Waals surface area contributed by atoms with Crippen LogP contribution in [0.15, 0.2) is 53.4 Å². The van der Waals surface area contributed by atoms with E-state index < -0.39 is 0 Å². The van der Waals surface area contributed by atoms with Gasteiger partial charge in [0, 0.05) is 39.4 Å². The molecule has 171 valence electrons. The van der Waals surface area contributed by atoms with E-state index in [-0.39, 0.29) is 36.3 Å². The van der Waals surface area contributed by atoms with E-state index >= 15 is 0 Å². The summed E-state index contributed by atoms with van der Waals surface area (Å²) in [6, 6.07) is 19.1. The van der Waals surface area contributed by atoms with Crippen molar-refractivity contribution in [1.29, 1.82) is 0 Å². The molecule has 0 atom stereocenters. The van der Waals surface area contributed by atoms with E-state index in [0.29, 0.717) is 0 Å². The second-order valence-electron chi connectivity index (χ2n) is 8.85. The van der Waals surface area contributed by atoms with Gasteiger partial charge in [-0.15, -0.1) is 12.6 Å². The number of hydrogen-bond donors (Lipinski definition) is 1. The fourth-order valence-corrected chi connectivity index (χ4v) is 10.9. The molecule has 0 saturated carbocycles. The Morgan fingerprint density at radius 1 is 0.833 bits per heavy atom. The molecule has 0 bridgehead atoms. The van der Waals surface area contributed by atoms with Gasteiger partial charge in [-0.2, -0.15) is 0 Å². The van der Waals surface area contributed by atoms with Gasteiger partial charge in [0.2, 0.25) is 0 Å². The van der Waals surface area contributed by atoms with Gasteiger partial charge in [0.25, 0.3) is 0 Å². The number of thiol groups is 1. The first-order valence-corrected chi connectivity index (χ1v) is 15.0. The zero-order valence-corrected chi connectivity index (χ0v) is 24.4. The molecule has 0 aromatic heterocycles. The summed E-state index contributed by atoms with van der Waals surface area (Å²) in [4.78, 5) is 0.991. The molecular weight excluding hydrogens is 513 g/mol. The first-order valence-electron chi connectivity index (χ1n) is 11.0. The van der Waals surface area contributed by atoms with Crippen molar-refractivity contribution in [3.8, 4) is 11.1 Å². The topological polar surface area (TPSA) is 0 Å². The molecule has 0 fully saturated rings. The summed E-state index contributed by atoms with van der Waals surface area (Å²) in [5.41, 5.74) is 5.94. The van der Waals surface area contributed by atoms with Gasteiger partial charge in [-0.25, -0.2) is 0 Å². The zero-order valence-electron chi connectivity index (χ0n) is 20.1. The van der Waals surface area contributed by atoms with Crippen molar-refractivity contribution in [3.05, 3.63) is 54.6 Å². The molecule has 0 aliphatic carbocycles. The van der Waals surface area contributed by atoms with Gasteiger partial charge in [-0.05, 0) is 62.3 Å². The molecule has 2 aromatic carbocycles. The van der Waals surface area contributed by atoms with E-state index in [1.165, 1.54) is 6.16 Å². The quantitative estimate of drug-likeness (QED) is 0.188. The van der Waals surface area contributed by atoms with E-state index in [4.69, 9.17) is 0 Å². The number of hydrogen-bond acceptors (Lipinski definition) is 1. The molecule has 0 spiro atoms. The fraction of sp³-hybridized carbons (Fsp3) is 0.538. The minimum atomic E-state index is -0.124. The van der Waals surface area contributed by atoms with Gasteiger partial charge < -0.3 is 0 Å². The van der Waals surface area contributed by atoms with Crippen molar-refractivity contribution in [2.45, 2.75) is 82.9 Å². The van der Waals surface area contributed by atoms with Crippen molar-refractivity contribution in [1.82, 2.24) is 0 Å². The minimum Gasteiger partial charge on any atom is -0.143 e. The molecule has 0 nitrogen and oxygen atoms in total. The Bertz CT molecular complexity index is 650. The third kappa shape index (κ3) is 10.8. The monoisotopic (exact) mass is 554 g/mol. The van der Waals surface area contributed by atoms with E-state index in [2.05, 4.69) is 74.1 Å². The normalized spacial score (nSPS) is 11.3. The van der Waals surface area contributed by atoms with Crippen molar-refractivity contribution >= 4 is 28.5 Å². The maximum absolute atomic E-state index is 4.39. The Morgan fingerprint density at radius 3 is 1.80 bits per heavy atom. The number of rotatable bonds is 8. The Labute approximate surface area is 209 Å². The average molecular weight is 555 g/mol. The summed E-state index contributed by atoms with van der Waals surface area (Å²) < 4.78 is 0. The van der Waals surface area contributed by atoms with Crippen LogP contribution in [-0.2, 0) is 20.4 Å². The molecule has 0 aliphatic heterocycles. The van der Waals surface area contributed by atoms with E-state index in [1.807, 2.05) is 48.5 Å². The first-order chi connectivity index (χ1) is 13.6. The minimum absolute atomic E-state index is 0. The molecule has 0 aliphatic rings. The van der Waals surface area contributed by atoms with E-state index in [9.17, 15) is 0 Å². The van der Waals surface area contributed by atoms with Crippen LogP contribution in [-0.4, -0.2) is 35.0 Å². The summed E-state index contributed by atoms with van der Waals surface area (Å²) in [7, 11) is 0.141. The summed E-state index contributed by atoms with van der Waals surface area (Å²) in [6.45, 7) is 19.4. The molecule has 0 unspecified atom stereocenters. The van der Waals surface area contributed by atoms with Crippen LogP contribution in [0, 0.1) is 6.07 Å². The predicted molar refractivity (Wildman–Crippen MR) is 143 cm³/mol. The second kappa shape index (κ2) is 16.0. The summed E-state index contributed by atoms with van der Waals surface area (Å²) >= 11 is 4.39. The third-order valence-electron chi connectivity index (χ3n) is 5.37. The third-order valence-corrected chi connectivity index (χ3v) is 13.4. The van der Waals surface area contributed by atoms with Crippen molar-refractivity contribution < 1.29 is 20.4 Å². The molecular formula is C26H42P2PdS+. The largest absolute Gasteiger partial charge is 0.143 e. The van der Waals surface area contributed by atoms with Crippen LogP contribution < -0.4 is 0 Å². The van der Waals surface area contributed by atoms with E-state index in [0.717, 1.165) is 38.7 Å². The first kappa shape index (κ1) is 30.3. The van der Waals surface area contributed by atoms with Crippen LogP contribution in [0.1, 0.15) is 55.4 Å². The van der Waals surface area contributed by atoms with Gasteiger partial charge >= 0.3 is 0 Å². The molecule has 1 radical (unpaired) electrons. The molecule has 0 saturated heterocycles. The molecule has 0 heterocycles. The van der Waals surface area contributed by atoms with Crippen LogP contribution in [0.25, 0.3) is 11.1 Å². The van der Waals surface area contributed by atoms with Crippen LogP contribution in [0.4, 0.5) is 0 Å². The summed E-state index contributed by atoms with van der Waals surface area (Å²) in [5, 5.41) is 0. The predicted octanol–water partition coefficient (Wildman–Crippen LogP) is 8.76. The Balaban J connectivity index is 0.000000550. The van der Waals surface area contributed by atoms with Crippen molar-refractivity contribution in [3.63, 3.8) is 0 Å². The maximum Gasteiger partial charge on any atom is 0.0621 e. The Morgan fingerprint density at radius 2 is 1.37 bits per heavy atom. The molecule has 2 rings (SSSR count). The average Bonchev–Trinajstić information content (AvgIpc) is 2.65. The van der Waals surface area contributed by atoms with Crippen LogP contribution in [0.3, 0.4) is 0 Å². The van der Waals surface area contributed by atoms with Gasteiger partial charge in [0.1, 0.15) is 0 Å². The van der Waals surface area contributed by atoms with Crippen LogP contribution >= 0.6 is 28.5 Å². The van der Waals surface area contributed by atoms with Gasteiger partial charge in [0.15, 0.2) is 0 Å². The van der Waals surface area contributed by atoms with Crippen LogP contribution in [0.5, 0.6) is 0 Å². The van der Waals surface area contributed by atoms with Crippen LogP contribution in [0.2, 0.25) is 0 Å². The summed E-state index contributed by atoms with van der Waals surface area (Å²) in [5.74, 6) is 0. The molecule has 0 amide bonds. The zero-order chi connectivity index (χ0) is 22.0. The molecule has 0 N–H and O–H groups in total. The smallest absolute Gasteiger partial charge is 0.0621 e. The standard InChI is InChI=1S/C14H32P2.C12H9S.Pd/c1-11(2)15(12(3)4)9-10-16(13(5)6)14(7)8;13-12-9-5-4-8-11(12)10-6-2-1-3-7-10;/h11-14H,9-10H2,1-8H3;1-6,8-9,13H;/p+1. The van der Waals surface area contributed by atoms with Crippen molar-refractivity contribution in [2.24, 2.45) is 0 Å². The van der Waals surface area contributed by atoms with E-state index in [1.54, 1.807) is 6.16 Å². The van der Waals surface area contributed by atoms with Gasteiger partial charge in [-0.1, -0.05) is 78.1 Å². The summed E-state index contributed by atoms with van der Waals surface area (Å²) in [6.07, 6.45) is 3.07.